The van der Waals surface area contributed by atoms with Crippen molar-refractivity contribution in [3.8, 4) is 28.5 Å². The monoisotopic (exact) mass is 371 g/mol. The summed E-state index contributed by atoms with van der Waals surface area (Å²) < 4.78 is 21.2. The average molecular weight is 371 g/mol. The lowest BCUT2D eigenvalue weighted by Gasteiger charge is -2.14. The van der Waals surface area contributed by atoms with Gasteiger partial charge in [-0.1, -0.05) is 5.16 Å². The van der Waals surface area contributed by atoms with Crippen LogP contribution in [0.2, 0.25) is 0 Å². The minimum Gasteiger partial charge on any atom is -0.493 e. The van der Waals surface area contributed by atoms with E-state index in [-0.39, 0.29) is 28.6 Å². The molecule has 0 spiro atoms. The summed E-state index contributed by atoms with van der Waals surface area (Å²) >= 11 is 1.21. The minimum absolute atomic E-state index is 0.0475. The third-order valence-electron chi connectivity index (χ3n) is 4.18. The summed E-state index contributed by atoms with van der Waals surface area (Å²) in [5, 5.41) is 5.68. The topological polar surface area (TPSA) is 87.9 Å². The number of carbonyl (C=O) groups is 2. The quantitative estimate of drug-likeness (QED) is 0.544. The van der Waals surface area contributed by atoms with E-state index in [1.165, 1.54) is 32.7 Å². The zero-order valence-corrected chi connectivity index (χ0v) is 14.9. The number of carbonyl (C=O) groups excluding carboxylic acids is 2. The van der Waals surface area contributed by atoms with Gasteiger partial charge in [0.2, 0.25) is 23.1 Å². The first-order chi connectivity index (χ1) is 12.6. The number of ether oxygens (including phenoxy) is 3. The van der Waals surface area contributed by atoms with E-state index in [9.17, 15) is 9.59 Å². The molecule has 0 atom stereocenters. The highest BCUT2D eigenvalue weighted by molar-refractivity contribution is 7.12. The van der Waals surface area contributed by atoms with Crippen LogP contribution in [-0.2, 0) is 0 Å². The Hall–Kier alpha value is -3.13. The molecule has 1 aliphatic carbocycles. The molecule has 0 fully saturated rings. The first kappa shape index (κ1) is 16.3. The number of methoxy groups -OCH3 is 3. The molecule has 26 heavy (non-hydrogen) atoms. The van der Waals surface area contributed by atoms with Crippen LogP contribution in [0.4, 0.5) is 0 Å². The zero-order chi connectivity index (χ0) is 18.4. The number of aromatic nitrogens is 1. The summed E-state index contributed by atoms with van der Waals surface area (Å²) in [6.07, 6.45) is 0. The van der Waals surface area contributed by atoms with Gasteiger partial charge in [-0.25, -0.2) is 0 Å². The lowest BCUT2D eigenvalue weighted by molar-refractivity contribution is 0.0959. The first-order valence-corrected chi connectivity index (χ1v) is 8.45. The van der Waals surface area contributed by atoms with Crippen molar-refractivity contribution in [2.45, 2.75) is 0 Å². The highest BCUT2D eigenvalue weighted by atomic mass is 32.1. The van der Waals surface area contributed by atoms with Gasteiger partial charge in [-0.3, -0.25) is 9.59 Å². The Morgan fingerprint density at radius 2 is 1.69 bits per heavy atom. The fourth-order valence-electron chi connectivity index (χ4n) is 2.97. The van der Waals surface area contributed by atoms with E-state index in [1.54, 1.807) is 23.6 Å². The van der Waals surface area contributed by atoms with Crippen LogP contribution in [0.1, 0.15) is 31.4 Å². The van der Waals surface area contributed by atoms with Crippen molar-refractivity contribution in [2.75, 3.05) is 21.3 Å². The number of benzene rings is 1. The number of rotatable bonds is 4. The average Bonchev–Trinajstić information content (AvgIpc) is 3.32. The number of ketones is 2. The van der Waals surface area contributed by atoms with Crippen LogP contribution in [0, 0.1) is 0 Å². The van der Waals surface area contributed by atoms with E-state index in [0.717, 1.165) is 0 Å². The molecule has 0 saturated heterocycles. The van der Waals surface area contributed by atoms with Gasteiger partial charge in [0.1, 0.15) is 11.3 Å². The van der Waals surface area contributed by atoms with Crippen LogP contribution < -0.4 is 14.2 Å². The predicted octanol–water partition coefficient (Wildman–Crippen LogP) is 3.20. The van der Waals surface area contributed by atoms with Crippen molar-refractivity contribution in [3.05, 3.63) is 45.3 Å². The molecular formula is C18H13NO6S. The summed E-state index contributed by atoms with van der Waals surface area (Å²) in [5.41, 5.74) is 1.29. The predicted molar refractivity (Wildman–Crippen MR) is 92.8 cm³/mol. The molecule has 7 nitrogen and oxygen atoms in total. The summed E-state index contributed by atoms with van der Waals surface area (Å²) in [7, 11) is 4.48. The second kappa shape index (κ2) is 5.99. The van der Waals surface area contributed by atoms with Crippen LogP contribution in [0.15, 0.2) is 28.1 Å². The summed E-state index contributed by atoms with van der Waals surface area (Å²) in [6, 6.07) is 4.94. The highest BCUT2D eigenvalue weighted by Crippen LogP contribution is 2.43. The number of hydrogen-bond donors (Lipinski definition) is 0. The maximum atomic E-state index is 12.9. The Morgan fingerprint density at radius 3 is 2.31 bits per heavy atom. The molecule has 4 rings (SSSR count). The lowest BCUT2D eigenvalue weighted by Crippen LogP contribution is -2.17. The SMILES string of the molecule is COc1cc(-c2noc3c2C(=O)c2ccsc2C3=O)cc(OC)c1OC. The highest BCUT2D eigenvalue weighted by Gasteiger charge is 2.38. The van der Waals surface area contributed by atoms with Crippen LogP contribution in [0.25, 0.3) is 11.3 Å². The zero-order valence-electron chi connectivity index (χ0n) is 14.1. The van der Waals surface area contributed by atoms with Crippen LogP contribution in [0.3, 0.4) is 0 Å². The molecule has 1 aromatic carbocycles. The van der Waals surface area contributed by atoms with E-state index in [1.807, 2.05) is 0 Å². The van der Waals surface area contributed by atoms with Gasteiger partial charge >= 0.3 is 0 Å². The number of thiophene rings is 1. The smallest absolute Gasteiger partial charge is 0.242 e. The molecule has 8 heteroatoms. The van der Waals surface area contributed by atoms with Crippen LogP contribution >= 0.6 is 11.3 Å². The summed E-state index contributed by atoms with van der Waals surface area (Å²) in [4.78, 5) is 25.8. The molecule has 0 N–H and O–H groups in total. The maximum absolute atomic E-state index is 12.9. The normalized spacial score (nSPS) is 12.6. The van der Waals surface area contributed by atoms with Gasteiger partial charge in [-0.05, 0) is 23.6 Å². The van der Waals surface area contributed by atoms with Gasteiger partial charge in [0, 0.05) is 11.1 Å². The van der Waals surface area contributed by atoms with Gasteiger partial charge in [-0.15, -0.1) is 11.3 Å². The van der Waals surface area contributed by atoms with Crippen molar-refractivity contribution in [1.82, 2.24) is 5.16 Å². The maximum Gasteiger partial charge on any atom is 0.242 e. The molecular weight excluding hydrogens is 358 g/mol. The second-order valence-corrected chi connectivity index (χ2v) is 6.39. The van der Waals surface area contributed by atoms with Gasteiger partial charge in [0.15, 0.2) is 11.5 Å². The van der Waals surface area contributed by atoms with Crippen LogP contribution in [0.5, 0.6) is 17.2 Å². The second-order valence-electron chi connectivity index (χ2n) is 5.47. The van der Waals surface area contributed by atoms with E-state index in [2.05, 4.69) is 5.16 Å². The molecule has 0 amide bonds. The van der Waals surface area contributed by atoms with Crippen molar-refractivity contribution in [1.29, 1.82) is 0 Å². The molecule has 3 aromatic rings. The van der Waals surface area contributed by atoms with E-state index < -0.39 is 0 Å². The summed E-state index contributed by atoms with van der Waals surface area (Å²) in [5.74, 6) is 0.554. The molecule has 0 unspecified atom stereocenters. The van der Waals surface area contributed by atoms with E-state index in [0.29, 0.717) is 33.3 Å². The van der Waals surface area contributed by atoms with Crippen molar-refractivity contribution in [2.24, 2.45) is 0 Å². The van der Waals surface area contributed by atoms with E-state index >= 15 is 0 Å². The fraction of sp³-hybridized carbons (Fsp3) is 0.167. The Bertz CT molecular complexity index is 1020. The number of fused-ring (bicyclic) bond motifs is 2. The van der Waals surface area contributed by atoms with Gasteiger partial charge in [0.25, 0.3) is 0 Å². The van der Waals surface area contributed by atoms with Gasteiger partial charge < -0.3 is 18.7 Å². The Balaban J connectivity index is 1.93. The lowest BCUT2D eigenvalue weighted by atomic mass is 9.91. The Morgan fingerprint density at radius 1 is 1.00 bits per heavy atom. The van der Waals surface area contributed by atoms with Crippen LogP contribution in [-0.4, -0.2) is 38.1 Å². The van der Waals surface area contributed by atoms with Crippen molar-refractivity contribution >= 4 is 22.9 Å². The fourth-order valence-corrected chi connectivity index (χ4v) is 3.80. The third-order valence-corrected chi connectivity index (χ3v) is 5.09. The number of nitrogens with zero attached hydrogens (tertiary/aromatic N) is 1. The third kappa shape index (κ3) is 2.15. The van der Waals surface area contributed by atoms with E-state index in [4.69, 9.17) is 18.7 Å². The van der Waals surface area contributed by atoms with Gasteiger partial charge in [-0.2, -0.15) is 0 Å². The first-order valence-electron chi connectivity index (χ1n) is 7.57. The molecule has 0 aliphatic heterocycles. The van der Waals surface area contributed by atoms with Crippen molar-refractivity contribution < 1.29 is 28.3 Å². The molecule has 2 heterocycles. The molecule has 2 aromatic heterocycles. The molecule has 0 saturated carbocycles. The van der Waals surface area contributed by atoms with Crippen molar-refractivity contribution in [3.63, 3.8) is 0 Å². The summed E-state index contributed by atoms with van der Waals surface area (Å²) in [6.45, 7) is 0. The number of hydrogen-bond acceptors (Lipinski definition) is 8. The van der Waals surface area contributed by atoms with Gasteiger partial charge in [0.05, 0.1) is 26.2 Å². The standard InChI is InChI=1S/C18H13NO6S/c1-22-10-6-8(7-11(23-2)16(10)24-3)13-12-14(20)9-4-5-26-18(9)15(21)17(12)25-19-13/h4-7H,1-3H3. The largest absolute Gasteiger partial charge is 0.493 e. The molecule has 0 bridgehead atoms. The Labute approximate surface area is 152 Å². The molecule has 132 valence electrons. The molecule has 1 aliphatic rings. The molecule has 0 radical (unpaired) electrons. The Kier molecular flexibility index (Phi) is 3.77. The minimum atomic E-state index is -0.337.